The fourth-order valence-electron chi connectivity index (χ4n) is 4.57. The van der Waals surface area contributed by atoms with Crippen LogP contribution in [0.2, 0.25) is 0 Å². The molecule has 0 aliphatic carbocycles. The van der Waals surface area contributed by atoms with E-state index in [-0.39, 0.29) is 23.2 Å². The number of carbonyl (C=O) groups is 1. The van der Waals surface area contributed by atoms with Crippen LogP contribution in [-0.4, -0.2) is 30.1 Å². The smallest absolute Gasteiger partial charge is 0.291 e. The lowest BCUT2D eigenvalue weighted by molar-refractivity contribution is 0.0486. The summed E-state index contributed by atoms with van der Waals surface area (Å²) >= 11 is 0. The van der Waals surface area contributed by atoms with Crippen molar-refractivity contribution in [1.29, 1.82) is 0 Å². The molecule has 5 heteroatoms. The minimum Gasteiger partial charge on any atom is -0.450 e. The van der Waals surface area contributed by atoms with Crippen molar-refractivity contribution < 1.29 is 13.9 Å². The van der Waals surface area contributed by atoms with Crippen LogP contribution in [0.4, 0.5) is 0 Å². The van der Waals surface area contributed by atoms with Gasteiger partial charge in [-0.1, -0.05) is 29.8 Å². The molecule has 0 N–H and O–H groups in total. The number of amides is 1. The minimum absolute atomic E-state index is 0.00906. The molecule has 1 fully saturated rings. The number of carbonyl (C=O) groups excluding carboxylic acids is 1. The molecule has 3 heterocycles. The number of ether oxygens (including phenoxy) is 1. The fraction of sp³-hybridized carbons (Fsp3) is 0.360. The van der Waals surface area contributed by atoms with E-state index in [1.165, 1.54) is 0 Å². The molecule has 2 aliphatic rings. The number of benzene rings is 2. The quantitative estimate of drug-likeness (QED) is 0.649. The zero-order chi connectivity index (χ0) is 21.0. The monoisotopic (exact) mass is 403 g/mol. The van der Waals surface area contributed by atoms with Gasteiger partial charge in [-0.2, -0.15) is 0 Å². The maximum Gasteiger partial charge on any atom is 0.291 e. The molecular formula is C25H25NO4. The zero-order valence-corrected chi connectivity index (χ0v) is 17.5. The van der Waals surface area contributed by atoms with Crippen LogP contribution >= 0.6 is 0 Å². The van der Waals surface area contributed by atoms with E-state index in [4.69, 9.17) is 9.15 Å². The summed E-state index contributed by atoms with van der Waals surface area (Å²) in [5.41, 5.74) is 4.90. The van der Waals surface area contributed by atoms with E-state index in [1.54, 1.807) is 4.90 Å². The predicted molar refractivity (Wildman–Crippen MR) is 115 cm³/mol. The van der Waals surface area contributed by atoms with Crippen molar-refractivity contribution in [2.75, 3.05) is 13.2 Å². The molecule has 5 nitrogen and oxygen atoms in total. The average molecular weight is 403 g/mol. The lowest BCUT2D eigenvalue weighted by Crippen LogP contribution is -2.36. The lowest BCUT2D eigenvalue weighted by Gasteiger charge is -2.27. The van der Waals surface area contributed by atoms with Gasteiger partial charge in [0.15, 0.2) is 5.43 Å². The van der Waals surface area contributed by atoms with E-state index in [0.717, 1.165) is 35.1 Å². The summed E-state index contributed by atoms with van der Waals surface area (Å²) in [5.74, 6) is -0.0670. The third-order valence-corrected chi connectivity index (χ3v) is 6.40. The molecule has 2 atom stereocenters. The van der Waals surface area contributed by atoms with Gasteiger partial charge in [0.05, 0.1) is 23.1 Å². The highest BCUT2D eigenvalue weighted by Gasteiger charge is 2.43. The Morgan fingerprint density at radius 1 is 1.03 bits per heavy atom. The Morgan fingerprint density at radius 2 is 1.77 bits per heavy atom. The van der Waals surface area contributed by atoms with Crippen molar-refractivity contribution in [3.05, 3.63) is 80.2 Å². The minimum atomic E-state index is -0.459. The summed E-state index contributed by atoms with van der Waals surface area (Å²) in [6.07, 6.45) is 1.90. The zero-order valence-electron chi connectivity index (χ0n) is 17.5. The van der Waals surface area contributed by atoms with Crippen molar-refractivity contribution in [2.24, 2.45) is 0 Å². The van der Waals surface area contributed by atoms with Gasteiger partial charge < -0.3 is 14.1 Å². The van der Waals surface area contributed by atoms with E-state index in [2.05, 4.69) is 0 Å². The molecule has 0 radical (unpaired) electrons. The van der Waals surface area contributed by atoms with E-state index in [1.807, 2.05) is 57.2 Å². The Labute approximate surface area is 175 Å². The van der Waals surface area contributed by atoms with Crippen molar-refractivity contribution in [3.8, 4) is 0 Å². The van der Waals surface area contributed by atoms with Crippen LogP contribution in [0.25, 0.3) is 11.0 Å². The molecule has 0 unspecified atom stereocenters. The van der Waals surface area contributed by atoms with Gasteiger partial charge in [0.1, 0.15) is 5.58 Å². The van der Waals surface area contributed by atoms with E-state index < -0.39 is 6.04 Å². The number of nitrogens with zero attached hydrogens (tertiary/aromatic N) is 1. The molecule has 0 saturated carbocycles. The molecule has 0 spiro atoms. The van der Waals surface area contributed by atoms with Crippen molar-refractivity contribution in [3.63, 3.8) is 0 Å². The van der Waals surface area contributed by atoms with Gasteiger partial charge in [-0.3, -0.25) is 9.59 Å². The molecule has 30 heavy (non-hydrogen) atoms. The number of rotatable bonds is 3. The van der Waals surface area contributed by atoms with Crippen LogP contribution < -0.4 is 5.43 Å². The standard InChI is InChI=1S/C25H25NO4/c1-14-6-8-17(9-7-14)22-21-23(27)19-11-15(2)16(3)12-20(19)30-24(21)25(28)26(22)13-18-5-4-10-29-18/h6-9,11-12,18,22H,4-5,10,13H2,1-3H3/t18-,22+/m1/s1. The third kappa shape index (κ3) is 2.96. The second-order valence-electron chi connectivity index (χ2n) is 8.51. The summed E-state index contributed by atoms with van der Waals surface area (Å²) in [6.45, 7) is 7.15. The highest BCUT2D eigenvalue weighted by Crippen LogP contribution is 2.39. The number of hydrogen-bond acceptors (Lipinski definition) is 4. The van der Waals surface area contributed by atoms with Crippen LogP contribution in [-0.2, 0) is 4.74 Å². The van der Waals surface area contributed by atoms with E-state index in [9.17, 15) is 9.59 Å². The molecule has 2 aliphatic heterocycles. The summed E-state index contributed by atoms with van der Waals surface area (Å²) < 4.78 is 11.9. The normalized spacial score (nSPS) is 20.9. The first-order valence-electron chi connectivity index (χ1n) is 10.5. The molecule has 5 rings (SSSR count). The molecule has 3 aromatic rings. The van der Waals surface area contributed by atoms with Gasteiger partial charge in [-0.25, -0.2) is 0 Å². The van der Waals surface area contributed by atoms with Gasteiger partial charge in [0, 0.05) is 13.2 Å². The maximum absolute atomic E-state index is 13.6. The second-order valence-corrected chi connectivity index (χ2v) is 8.51. The van der Waals surface area contributed by atoms with Crippen LogP contribution in [0.1, 0.15) is 57.3 Å². The first-order chi connectivity index (χ1) is 14.4. The molecular weight excluding hydrogens is 378 g/mol. The van der Waals surface area contributed by atoms with E-state index in [0.29, 0.717) is 29.7 Å². The Bertz CT molecular complexity index is 1200. The van der Waals surface area contributed by atoms with Gasteiger partial charge in [0.2, 0.25) is 5.76 Å². The summed E-state index contributed by atoms with van der Waals surface area (Å²) in [4.78, 5) is 28.8. The largest absolute Gasteiger partial charge is 0.450 e. The maximum atomic E-state index is 13.6. The van der Waals surface area contributed by atoms with Crippen LogP contribution in [0.15, 0.2) is 45.6 Å². The Hall–Kier alpha value is -2.92. The Balaban J connectivity index is 1.72. The number of aryl methyl sites for hydroxylation is 3. The van der Waals surface area contributed by atoms with Gasteiger partial charge in [0.25, 0.3) is 5.91 Å². The first-order valence-corrected chi connectivity index (χ1v) is 10.5. The Kier molecular flexibility index (Phi) is 4.51. The molecule has 2 aromatic carbocycles. The van der Waals surface area contributed by atoms with Crippen LogP contribution in [0.5, 0.6) is 0 Å². The summed E-state index contributed by atoms with van der Waals surface area (Å²) in [7, 11) is 0. The molecule has 0 bridgehead atoms. The second kappa shape index (κ2) is 7.10. The topological polar surface area (TPSA) is 59.8 Å². The van der Waals surface area contributed by atoms with Crippen molar-refractivity contribution >= 4 is 16.9 Å². The van der Waals surface area contributed by atoms with Gasteiger partial charge >= 0.3 is 0 Å². The van der Waals surface area contributed by atoms with Crippen LogP contribution in [0.3, 0.4) is 0 Å². The molecule has 154 valence electrons. The summed E-state index contributed by atoms with van der Waals surface area (Å²) in [5, 5.41) is 0.528. The first kappa shape index (κ1) is 19.1. The molecule has 1 aromatic heterocycles. The van der Waals surface area contributed by atoms with Crippen molar-refractivity contribution in [2.45, 2.75) is 45.8 Å². The van der Waals surface area contributed by atoms with Gasteiger partial charge in [-0.05, 0) is 62.4 Å². The van der Waals surface area contributed by atoms with Crippen LogP contribution in [0, 0.1) is 20.8 Å². The Morgan fingerprint density at radius 3 is 2.47 bits per heavy atom. The third-order valence-electron chi connectivity index (χ3n) is 6.40. The fourth-order valence-corrected chi connectivity index (χ4v) is 4.57. The van der Waals surface area contributed by atoms with Gasteiger partial charge in [-0.15, -0.1) is 0 Å². The average Bonchev–Trinajstić information content (AvgIpc) is 3.33. The molecule has 1 saturated heterocycles. The lowest BCUT2D eigenvalue weighted by atomic mass is 9.96. The predicted octanol–water partition coefficient (Wildman–Crippen LogP) is 4.44. The highest BCUT2D eigenvalue weighted by atomic mass is 16.5. The molecule has 1 amide bonds. The summed E-state index contributed by atoms with van der Waals surface area (Å²) in [6, 6.07) is 11.3. The number of fused-ring (bicyclic) bond motifs is 2. The SMILES string of the molecule is Cc1ccc([C@H]2c3c(oc4cc(C)c(C)cc4c3=O)C(=O)N2C[C@H]2CCCO2)cc1. The van der Waals surface area contributed by atoms with E-state index >= 15 is 0 Å². The number of hydrogen-bond donors (Lipinski definition) is 0. The highest BCUT2D eigenvalue weighted by molar-refractivity contribution is 5.99. The van der Waals surface area contributed by atoms with Crippen molar-refractivity contribution in [1.82, 2.24) is 4.90 Å².